The third-order valence-electron chi connectivity index (χ3n) is 2.64. The summed E-state index contributed by atoms with van der Waals surface area (Å²) in [5, 5.41) is 10.8. The first kappa shape index (κ1) is 16.6. The molecule has 0 saturated carbocycles. The van der Waals surface area contributed by atoms with E-state index in [1.807, 2.05) is 23.5 Å². The van der Waals surface area contributed by atoms with Crippen molar-refractivity contribution in [2.24, 2.45) is 5.10 Å². The molecule has 2 fully saturated rings. The van der Waals surface area contributed by atoms with Gasteiger partial charge in [-0.25, -0.2) is 0 Å². The molecule has 2 heterocycles. The van der Waals surface area contributed by atoms with E-state index in [0.29, 0.717) is 5.25 Å². The molecule has 0 bridgehead atoms. The minimum Gasteiger partial charge on any atom is -0.378 e. The largest absolute Gasteiger partial charge is 0.378 e. The Labute approximate surface area is 136 Å². The normalized spacial score (nSPS) is 25.6. The highest BCUT2D eigenvalue weighted by molar-refractivity contribution is 8.42. The summed E-state index contributed by atoms with van der Waals surface area (Å²) in [5.74, 6) is 2.27. The van der Waals surface area contributed by atoms with Crippen molar-refractivity contribution in [3.63, 3.8) is 0 Å². The first-order valence-electron chi connectivity index (χ1n) is 6.88. The predicted molar refractivity (Wildman–Crippen MR) is 97.2 cm³/mol. The summed E-state index contributed by atoms with van der Waals surface area (Å²) in [4.78, 5) is 0. The van der Waals surface area contributed by atoms with E-state index in [9.17, 15) is 0 Å². The van der Waals surface area contributed by atoms with Crippen molar-refractivity contribution in [1.82, 2.24) is 5.01 Å². The molecule has 2 aliphatic rings. The number of thioether (sulfide) groups is 3. The van der Waals surface area contributed by atoms with Gasteiger partial charge in [-0.2, -0.15) is 5.10 Å². The summed E-state index contributed by atoms with van der Waals surface area (Å²) < 4.78 is 6.56. The SMILES string of the molecule is C[Si](C)(C)C#CSCC1CS/C(=N/N2CCOCC2)S1. The Kier molecular flexibility index (Phi) is 6.68. The number of morpholine rings is 1. The van der Waals surface area contributed by atoms with Crippen LogP contribution in [0.5, 0.6) is 0 Å². The van der Waals surface area contributed by atoms with Gasteiger partial charge < -0.3 is 4.74 Å². The summed E-state index contributed by atoms with van der Waals surface area (Å²) in [5.41, 5.74) is 3.41. The summed E-state index contributed by atoms with van der Waals surface area (Å²) in [7, 11) is -1.21. The fourth-order valence-corrected chi connectivity index (χ4v) is 6.56. The molecule has 2 aliphatic heterocycles. The first-order valence-corrected chi connectivity index (χ1v) is 13.2. The summed E-state index contributed by atoms with van der Waals surface area (Å²) in [6.45, 7) is 10.3. The van der Waals surface area contributed by atoms with Gasteiger partial charge in [0, 0.05) is 16.8 Å². The van der Waals surface area contributed by atoms with E-state index in [4.69, 9.17) is 9.84 Å². The number of hydrogen-bond acceptors (Lipinski definition) is 6. The molecule has 1 atom stereocenters. The molecule has 112 valence electrons. The van der Waals surface area contributed by atoms with Crippen molar-refractivity contribution in [2.75, 3.05) is 37.8 Å². The van der Waals surface area contributed by atoms with Crippen molar-refractivity contribution >= 4 is 47.7 Å². The van der Waals surface area contributed by atoms with Crippen LogP contribution in [0.4, 0.5) is 0 Å². The molecule has 0 aromatic rings. The van der Waals surface area contributed by atoms with Crippen LogP contribution in [-0.4, -0.2) is 60.5 Å². The predicted octanol–water partition coefficient (Wildman–Crippen LogP) is 3.01. The van der Waals surface area contributed by atoms with Crippen molar-refractivity contribution in [3.8, 4) is 10.8 Å². The topological polar surface area (TPSA) is 24.8 Å². The van der Waals surface area contributed by atoms with E-state index in [1.54, 1.807) is 11.8 Å². The third-order valence-corrected chi connectivity index (χ3v) is 7.42. The zero-order valence-electron chi connectivity index (χ0n) is 12.3. The van der Waals surface area contributed by atoms with Crippen LogP contribution in [0.2, 0.25) is 19.6 Å². The maximum atomic E-state index is 5.34. The second-order valence-corrected chi connectivity index (χ2v) is 13.9. The Hall–Kier alpha value is 0.257. The van der Waals surface area contributed by atoms with E-state index in [0.717, 1.165) is 37.8 Å². The lowest BCUT2D eigenvalue weighted by atomic mass is 10.5. The molecule has 20 heavy (non-hydrogen) atoms. The molecule has 3 nitrogen and oxygen atoms in total. The first-order chi connectivity index (χ1) is 9.53. The molecular formula is C13H22N2OS3Si. The lowest BCUT2D eigenvalue weighted by molar-refractivity contribution is 0.0397. The van der Waals surface area contributed by atoms with E-state index in [-0.39, 0.29) is 0 Å². The second-order valence-electron chi connectivity index (χ2n) is 5.77. The second kappa shape index (κ2) is 8.04. The van der Waals surface area contributed by atoms with Crippen LogP contribution in [0.1, 0.15) is 0 Å². The average Bonchev–Trinajstić information content (AvgIpc) is 2.82. The van der Waals surface area contributed by atoms with E-state index in [2.05, 4.69) is 35.4 Å². The molecule has 0 amide bonds. The van der Waals surface area contributed by atoms with E-state index < -0.39 is 8.07 Å². The fraction of sp³-hybridized carbons (Fsp3) is 0.769. The molecule has 0 radical (unpaired) electrons. The Morgan fingerprint density at radius 1 is 1.40 bits per heavy atom. The maximum absolute atomic E-state index is 5.34. The quantitative estimate of drug-likeness (QED) is 0.578. The molecule has 2 saturated heterocycles. The van der Waals surface area contributed by atoms with Crippen molar-refractivity contribution in [1.29, 1.82) is 0 Å². The number of rotatable bonds is 3. The maximum Gasteiger partial charge on any atom is 0.150 e. The number of hydrogen-bond donors (Lipinski definition) is 0. The lowest BCUT2D eigenvalue weighted by Crippen LogP contribution is -2.32. The number of nitrogens with zero attached hydrogens (tertiary/aromatic N) is 2. The molecule has 7 heteroatoms. The van der Waals surface area contributed by atoms with E-state index >= 15 is 0 Å². The van der Waals surface area contributed by atoms with Crippen molar-refractivity contribution in [2.45, 2.75) is 24.9 Å². The fourth-order valence-electron chi connectivity index (χ4n) is 1.60. The van der Waals surface area contributed by atoms with Gasteiger partial charge in [0.2, 0.25) is 0 Å². The van der Waals surface area contributed by atoms with Crippen LogP contribution in [0, 0.1) is 10.8 Å². The molecule has 0 aromatic heterocycles. The van der Waals surface area contributed by atoms with Crippen LogP contribution >= 0.6 is 35.3 Å². The highest BCUT2D eigenvalue weighted by Gasteiger charge is 2.23. The Morgan fingerprint density at radius 3 is 2.85 bits per heavy atom. The van der Waals surface area contributed by atoms with Gasteiger partial charge in [-0.05, 0) is 5.25 Å². The summed E-state index contributed by atoms with van der Waals surface area (Å²) in [6.07, 6.45) is 0. The summed E-state index contributed by atoms with van der Waals surface area (Å²) >= 11 is 5.58. The molecule has 0 spiro atoms. The van der Waals surface area contributed by atoms with Gasteiger partial charge in [0.15, 0.2) is 0 Å². The third kappa shape index (κ3) is 6.35. The smallest absolute Gasteiger partial charge is 0.150 e. The molecular weight excluding hydrogens is 324 g/mol. The monoisotopic (exact) mass is 346 g/mol. The molecule has 0 aromatic carbocycles. The molecule has 2 rings (SSSR count). The Morgan fingerprint density at radius 2 is 2.15 bits per heavy atom. The van der Waals surface area contributed by atoms with Gasteiger partial charge in [-0.1, -0.05) is 54.9 Å². The van der Waals surface area contributed by atoms with Crippen LogP contribution in [0.3, 0.4) is 0 Å². The minimum atomic E-state index is -1.21. The highest BCUT2D eigenvalue weighted by Crippen LogP contribution is 2.35. The van der Waals surface area contributed by atoms with Gasteiger partial charge in [0.1, 0.15) is 12.4 Å². The average molecular weight is 347 g/mol. The Bertz CT molecular complexity index is 408. The van der Waals surface area contributed by atoms with Gasteiger partial charge in [-0.3, -0.25) is 5.01 Å². The van der Waals surface area contributed by atoms with Crippen molar-refractivity contribution in [3.05, 3.63) is 0 Å². The van der Waals surface area contributed by atoms with Crippen LogP contribution in [-0.2, 0) is 4.74 Å². The standard InChI is InChI=1S/C13H22N2OS3Si/c1-20(2,3)9-8-17-10-12-11-18-13(19-12)14-15-4-6-16-7-5-15/h12H,4-7,10-11H2,1-3H3/b14-13-. The molecule has 1 unspecified atom stereocenters. The van der Waals surface area contributed by atoms with Crippen LogP contribution in [0.15, 0.2) is 5.10 Å². The highest BCUT2D eigenvalue weighted by atomic mass is 32.2. The number of hydrazone groups is 1. The lowest BCUT2D eigenvalue weighted by Gasteiger charge is -2.24. The van der Waals surface area contributed by atoms with Gasteiger partial charge in [0.25, 0.3) is 0 Å². The van der Waals surface area contributed by atoms with Crippen LogP contribution in [0.25, 0.3) is 0 Å². The Balaban J connectivity index is 1.71. The van der Waals surface area contributed by atoms with Gasteiger partial charge in [0.05, 0.1) is 26.3 Å². The van der Waals surface area contributed by atoms with Crippen LogP contribution < -0.4 is 0 Å². The summed E-state index contributed by atoms with van der Waals surface area (Å²) in [6, 6.07) is 0. The van der Waals surface area contributed by atoms with Gasteiger partial charge >= 0.3 is 0 Å². The molecule has 0 aliphatic carbocycles. The number of ether oxygens (including phenoxy) is 1. The van der Waals surface area contributed by atoms with Crippen molar-refractivity contribution < 1.29 is 4.74 Å². The van der Waals surface area contributed by atoms with E-state index in [1.165, 1.54) is 4.38 Å². The molecule has 0 N–H and O–H groups in total. The van der Waals surface area contributed by atoms with Gasteiger partial charge in [-0.15, -0.1) is 5.54 Å². The zero-order chi connectivity index (χ0) is 14.4. The zero-order valence-corrected chi connectivity index (χ0v) is 15.8. The minimum absolute atomic E-state index is 0.653.